The number of fused-ring (bicyclic) bond motifs is 3. The van der Waals surface area contributed by atoms with Crippen LogP contribution in [0, 0.1) is 0 Å². The average Bonchev–Trinajstić information content (AvgIpc) is 2.98. The van der Waals surface area contributed by atoms with Crippen LogP contribution in [-0.4, -0.2) is 22.6 Å². The predicted molar refractivity (Wildman–Crippen MR) is 79.5 cm³/mol. The first-order valence-corrected chi connectivity index (χ1v) is 6.98. The van der Waals surface area contributed by atoms with E-state index in [1.54, 1.807) is 11.0 Å². The highest BCUT2D eigenvalue weighted by Crippen LogP contribution is 2.39. The van der Waals surface area contributed by atoms with Crippen LogP contribution in [-0.2, 0) is 11.2 Å². The van der Waals surface area contributed by atoms with Crippen LogP contribution in [0.15, 0.2) is 60.7 Å². The summed E-state index contributed by atoms with van der Waals surface area (Å²) >= 11 is 0. The molecule has 4 rings (SSSR count). The molecule has 2 heterocycles. The van der Waals surface area contributed by atoms with Gasteiger partial charge in [0.15, 0.2) is 5.78 Å². The van der Waals surface area contributed by atoms with Crippen molar-refractivity contribution >= 4 is 17.4 Å². The van der Waals surface area contributed by atoms with Crippen molar-refractivity contribution in [3.05, 3.63) is 77.4 Å². The van der Waals surface area contributed by atoms with Crippen molar-refractivity contribution in [2.75, 3.05) is 0 Å². The molecule has 21 heavy (non-hydrogen) atoms. The highest BCUT2D eigenvalue weighted by atomic mass is 16.2. The number of carbonyl (C=O) groups excluding carboxylic acids is 2. The van der Waals surface area contributed by atoms with Crippen LogP contribution in [0.2, 0.25) is 0 Å². The van der Waals surface area contributed by atoms with E-state index in [0.717, 1.165) is 16.8 Å². The Morgan fingerprint density at radius 1 is 0.857 bits per heavy atom. The molecule has 102 valence electrons. The smallest absolute Gasteiger partial charge is 0.259 e. The summed E-state index contributed by atoms with van der Waals surface area (Å²) in [7, 11) is 0. The fourth-order valence-electron chi connectivity index (χ4n) is 3.11. The highest BCUT2D eigenvalue weighted by molar-refractivity contribution is 6.19. The van der Waals surface area contributed by atoms with E-state index >= 15 is 0 Å². The van der Waals surface area contributed by atoms with Crippen molar-refractivity contribution in [2.45, 2.75) is 12.5 Å². The van der Waals surface area contributed by atoms with Gasteiger partial charge in [0.1, 0.15) is 6.04 Å². The van der Waals surface area contributed by atoms with Gasteiger partial charge in [0.25, 0.3) is 5.91 Å². The number of ketones is 1. The van der Waals surface area contributed by atoms with E-state index < -0.39 is 6.04 Å². The van der Waals surface area contributed by atoms with Crippen LogP contribution in [0.1, 0.15) is 21.5 Å². The van der Waals surface area contributed by atoms with E-state index in [-0.39, 0.29) is 11.7 Å². The van der Waals surface area contributed by atoms with Crippen molar-refractivity contribution in [3.8, 4) is 0 Å². The molecule has 0 fully saturated rings. The maximum atomic E-state index is 12.6. The topological polar surface area (TPSA) is 37.4 Å². The summed E-state index contributed by atoms with van der Waals surface area (Å²) in [6.45, 7) is 0. The number of amides is 1. The molecule has 0 aliphatic carbocycles. The number of benzene rings is 2. The summed E-state index contributed by atoms with van der Waals surface area (Å²) in [6, 6.07) is 16.9. The van der Waals surface area contributed by atoms with E-state index in [9.17, 15) is 9.59 Å². The number of hydrogen-bond acceptors (Lipinski definition) is 2. The van der Waals surface area contributed by atoms with Crippen molar-refractivity contribution in [3.63, 3.8) is 0 Å². The molecule has 3 nitrogen and oxygen atoms in total. The monoisotopic (exact) mass is 275 g/mol. The molecule has 1 amide bonds. The second-order valence-electron chi connectivity index (χ2n) is 5.36. The number of hydrogen-bond donors (Lipinski definition) is 0. The molecule has 2 aromatic rings. The number of rotatable bonds is 2. The van der Waals surface area contributed by atoms with E-state index in [1.165, 1.54) is 0 Å². The van der Waals surface area contributed by atoms with Gasteiger partial charge in [-0.25, -0.2) is 0 Å². The van der Waals surface area contributed by atoms with Crippen molar-refractivity contribution in [1.29, 1.82) is 0 Å². The molecule has 0 aromatic heterocycles. The van der Waals surface area contributed by atoms with E-state index in [0.29, 0.717) is 12.0 Å². The molecule has 0 saturated carbocycles. The third kappa shape index (κ3) is 1.74. The molecule has 0 bridgehead atoms. The SMILES string of the molecule is O=C1C=C2c3ccccc3C(=O)N2C1Cc1ccccc1. The Labute approximate surface area is 122 Å². The lowest BCUT2D eigenvalue weighted by molar-refractivity contribution is -0.116. The zero-order valence-electron chi connectivity index (χ0n) is 11.3. The molecule has 0 spiro atoms. The Morgan fingerprint density at radius 2 is 1.52 bits per heavy atom. The molecule has 2 aliphatic heterocycles. The molecular weight excluding hydrogens is 262 g/mol. The second-order valence-corrected chi connectivity index (χ2v) is 5.36. The summed E-state index contributed by atoms with van der Waals surface area (Å²) < 4.78 is 0. The first-order valence-electron chi connectivity index (χ1n) is 6.98. The highest BCUT2D eigenvalue weighted by Gasteiger charge is 2.43. The van der Waals surface area contributed by atoms with Gasteiger partial charge in [-0.2, -0.15) is 0 Å². The normalized spacial score (nSPS) is 19.5. The van der Waals surface area contributed by atoms with Gasteiger partial charge < -0.3 is 0 Å². The minimum Gasteiger partial charge on any atom is -0.296 e. The fraction of sp³-hybridized carbons (Fsp3) is 0.111. The Hall–Kier alpha value is -2.68. The Morgan fingerprint density at radius 3 is 2.29 bits per heavy atom. The summed E-state index contributed by atoms with van der Waals surface area (Å²) in [5.74, 6) is -0.0552. The fourth-order valence-corrected chi connectivity index (χ4v) is 3.11. The molecule has 1 atom stereocenters. The van der Waals surface area contributed by atoms with E-state index in [2.05, 4.69) is 0 Å². The third-order valence-corrected chi connectivity index (χ3v) is 4.10. The standard InChI is InChI=1S/C18H13NO2/c20-17-11-15-13-8-4-5-9-14(13)18(21)19(15)16(17)10-12-6-2-1-3-7-12/h1-9,11,16H,10H2. The maximum Gasteiger partial charge on any atom is 0.259 e. The van der Waals surface area contributed by atoms with Crippen LogP contribution >= 0.6 is 0 Å². The molecule has 2 aromatic carbocycles. The average molecular weight is 275 g/mol. The first kappa shape index (κ1) is 12.1. The van der Waals surface area contributed by atoms with Gasteiger partial charge in [0.2, 0.25) is 0 Å². The van der Waals surface area contributed by atoms with Gasteiger partial charge in [0, 0.05) is 23.6 Å². The van der Waals surface area contributed by atoms with Gasteiger partial charge in [0.05, 0.1) is 5.70 Å². The zero-order valence-corrected chi connectivity index (χ0v) is 11.3. The van der Waals surface area contributed by atoms with Gasteiger partial charge in [-0.05, 0) is 11.6 Å². The van der Waals surface area contributed by atoms with Gasteiger partial charge in [-0.1, -0.05) is 48.5 Å². The van der Waals surface area contributed by atoms with Crippen LogP contribution in [0.25, 0.3) is 5.70 Å². The van der Waals surface area contributed by atoms with E-state index in [4.69, 9.17) is 0 Å². The molecule has 0 N–H and O–H groups in total. The molecule has 3 heteroatoms. The molecule has 1 unspecified atom stereocenters. The van der Waals surface area contributed by atoms with Crippen LogP contribution in [0.3, 0.4) is 0 Å². The van der Waals surface area contributed by atoms with Crippen molar-refractivity contribution in [2.24, 2.45) is 0 Å². The van der Waals surface area contributed by atoms with Crippen molar-refractivity contribution in [1.82, 2.24) is 4.90 Å². The summed E-state index contributed by atoms with van der Waals surface area (Å²) in [6.07, 6.45) is 2.16. The van der Waals surface area contributed by atoms with Gasteiger partial charge in [-0.15, -0.1) is 0 Å². The third-order valence-electron chi connectivity index (χ3n) is 4.10. The Bertz CT molecular complexity index is 777. The Kier molecular flexibility index (Phi) is 2.54. The van der Waals surface area contributed by atoms with Crippen LogP contribution in [0.5, 0.6) is 0 Å². The minimum atomic E-state index is -0.415. The molecule has 0 saturated heterocycles. The molecule has 0 radical (unpaired) electrons. The van der Waals surface area contributed by atoms with Gasteiger partial charge in [-0.3, -0.25) is 14.5 Å². The maximum absolute atomic E-state index is 12.6. The second kappa shape index (κ2) is 4.42. The van der Waals surface area contributed by atoms with Crippen LogP contribution < -0.4 is 0 Å². The lowest BCUT2D eigenvalue weighted by Gasteiger charge is -2.21. The Balaban J connectivity index is 1.72. The minimum absolute atomic E-state index is 0.0108. The zero-order chi connectivity index (χ0) is 14.4. The lowest BCUT2D eigenvalue weighted by Crippen LogP contribution is -2.37. The first-order chi connectivity index (χ1) is 10.3. The summed E-state index contributed by atoms with van der Waals surface area (Å²) in [5.41, 5.74) is 3.37. The predicted octanol–water partition coefficient (Wildman–Crippen LogP) is 2.68. The number of nitrogens with zero attached hydrogens (tertiary/aromatic N) is 1. The quantitative estimate of drug-likeness (QED) is 0.845. The van der Waals surface area contributed by atoms with E-state index in [1.807, 2.05) is 54.6 Å². The van der Waals surface area contributed by atoms with Crippen LogP contribution in [0.4, 0.5) is 0 Å². The summed E-state index contributed by atoms with van der Waals surface area (Å²) in [4.78, 5) is 26.5. The molecule has 2 aliphatic rings. The summed E-state index contributed by atoms with van der Waals surface area (Å²) in [5, 5.41) is 0. The molecular formula is C18H13NO2. The number of carbonyl (C=O) groups is 2. The van der Waals surface area contributed by atoms with Gasteiger partial charge >= 0.3 is 0 Å². The largest absolute Gasteiger partial charge is 0.296 e. The lowest BCUT2D eigenvalue weighted by atomic mass is 10.0. The van der Waals surface area contributed by atoms with Crippen molar-refractivity contribution < 1.29 is 9.59 Å².